The highest BCUT2D eigenvalue weighted by molar-refractivity contribution is 6.38. The molecule has 1 aromatic rings. The zero-order chi connectivity index (χ0) is 20.4. The number of aromatic nitrogens is 2. The number of carbonyl (C=O) groups excluding carboxylic acids is 2. The largest absolute Gasteiger partial charge is 0.396 e. The average molecular weight is 395 g/mol. The molecule has 4 rings (SSSR count). The Morgan fingerprint density at radius 3 is 2.76 bits per heavy atom. The maximum Gasteiger partial charge on any atom is 0.142 e. The molecule has 1 N–H and O–H groups in total. The number of nitrogens with zero attached hydrogens (tertiary/aromatic N) is 5. The Bertz CT molecular complexity index is 924. The van der Waals surface area contributed by atoms with Crippen molar-refractivity contribution in [1.29, 1.82) is 0 Å². The Labute approximate surface area is 169 Å². The van der Waals surface area contributed by atoms with Crippen molar-refractivity contribution >= 4 is 23.5 Å². The van der Waals surface area contributed by atoms with Gasteiger partial charge in [-0.15, -0.1) is 0 Å². The number of aliphatic hydroxyl groups is 1. The number of ketones is 2. The van der Waals surface area contributed by atoms with Gasteiger partial charge >= 0.3 is 0 Å². The molecular weight excluding hydrogens is 370 g/mol. The van der Waals surface area contributed by atoms with E-state index in [9.17, 15) is 14.7 Å². The molecule has 1 aliphatic heterocycles. The van der Waals surface area contributed by atoms with Gasteiger partial charge in [-0.25, -0.2) is 4.99 Å². The molecule has 0 saturated heterocycles. The van der Waals surface area contributed by atoms with Crippen LogP contribution in [0.15, 0.2) is 45.9 Å². The second-order valence-corrected chi connectivity index (χ2v) is 7.71. The summed E-state index contributed by atoms with van der Waals surface area (Å²) in [5.74, 6) is -0.0253. The number of carbonyl (C=O) groups is 2. The van der Waals surface area contributed by atoms with Gasteiger partial charge in [-0.2, -0.15) is 5.10 Å². The number of aliphatic hydroxyl groups excluding tert-OH is 1. The van der Waals surface area contributed by atoms with Gasteiger partial charge in [0.2, 0.25) is 0 Å². The van der Waals surface area contributed by atoms with Gasteiger partial charge in [-0.1, -0.05) is 6.08 Å². The lowest BCUT2D eigenvalue weighted by atomic mass is 9.90. The lowest BCUT2D eigenvalue weighted by Gasteiger charge is -2.37. The van der Waals surface area contributed by atoms with E-state index < -0.39 is 0 Å². The van der Waals surface area contributed by atoms with E-state index in [0.717, 1.165) is 22.7 Å². The van der Waals surface area contributed by atoms with E-state index in [4.69, 9.17) is 4.99 Å². The molecule has 29 heavy (non-hydrogen) atoms. The molecule has 1 saturated carbocycles. The summed E-state index contributed by atoms with van der Waals surface area (Å²) in [5.41, 5.74) is 3.49. The Morgan fingerprint density at radius 2 is 2.07 bits per heavy atom. The van der Waals surface area contributed by atoms with Crippen LogP contribution in [0.25, 0.3) is 0 Å². The van der Waals surface area contributed by atoms with E-state index in [2.05, 4.69) is 21.1 Å². The number of hydrogen-bond acceptors (Lipinski definition) is 7. The van der Waals surface area contributed by atoms with Crippen molar-refractivity contribution in [1.82, 2.24) is 14.7 Å². The van der Waals surface area contributed by atoms with Crippen molar-refractivity contribution in [2.45, 2.75) is 44.2 Å². The number of hydrogen-bond donors (Lipinski definition) is 1. The van der Waals surface area contributed by atoms with E-state index >= 15 is 0 Å². The first kappa shape index (κ1) is 19.4. The fourth-order valence-electron chi connectivity index (χ4n) is 4.07. The van der Waals surface area contributed by atoms with Crippen LogP contribution in [-0.4, -0.2) is 68.5 Å². The molecule has 0 aromatic carbocycles. The number of fused-ring (bicyclic) bond motifs is 1. The number of aryl methyl sites for hydroxylation is 1. The number of Topliss-reactive ketones (excluding diaryl/α,β-unsaturated/α-hetero) is 2. The predicted octanol–water partition coefficient (Wildman–Crippen LogP) is 1.21. The lowest BCUT2D eigenvalue weighted by Crippen LogP contribution is -2.42. The molecule has 8 heteroatoms. The minimum absolute atomic E-state index is 0.0126. The molecule has 8 nitrogen and oxygen atoms in total. The van der Waals surface area contributed by atoms with Gasteiger partial charge < -0.3 is 10.0 Å². The third kappa shape index (κ3) is 4.27. The standard InChI is InChI=1S/C21H25N5O3/c1-25-13-14(11-23-25)21-12-22-19-4-3-15(9-20(19)24-21)26(5-2-6-27)16-7-17(28)10-18(29)8-16/h3,9,11-13,16,19,27H,2,4-8,10H2,1H3. The Hall–Kier alpha value is -2.87. The monoisotopic (exact) mass is 395 g/mol. The Kier molecular flexibility index (Phi) is 5.53. The Morgan fingerprint density at radius 1 is 1.28 bits per heavy atom. The number of rotatable bonds is 6. The summed E-state index contributed by atoms with van der Waals surface area (Å²) in [6.07, 6.45) is 11.6. The van der Waals surface area contributed by atoms with Crippen LogP contribution in [-0.2, 0) is 16.6 Å². The van der Waals surface area contributed by atoms with E-state index in [1.807, 2.05) is 19.3 Å². The van der Waals surface area contributed by atoms with Crippen LogP contribution in [0.5, 0.6) is 0 Å². The molecule has 3 aliphatic rings. The molecule has 2 heterocycles. The second-order valence-electron chi connectivity index (χ2n) is 7.71. The topological polar surface area (TPSA) is 100 Å². The molecule has 0 radical (unpaired) electrons. The summed E-state index contributed by atoms with van der Waals surface area (Å²) in [7, 11) is 1.86. The zero-order valence-electron chi connectivity index (χ0n) is 16.5. The van der Waals surface area contributed by atoms with Crippen LogP contribution in [0.1, 0.15) is 37.7 Å². The van der Waals surface area contributed by atoms with Gasteiger partial charge in [0, 0.05) is 62.8 Å². The lowest BCUT2D eigenvalue weighted by molar-refractivity contribution is -0.131. The highest BCUT2D eigenvalue weighted by Gasteiger charge is 2.32. The fourth-order valence-corrected chi connectivity index (χ4v) is 4.07. The smallest absolute Gasteiger partial charge is 0.142 e. The van der Waals surface area contributed by atoms with Crippen LogP contribution in [0.2, 0.25) is 0 Å². The average Bonchev–Trinajstić information content (AvgIpc) is 3.13. The van der Waals surface area contributed by atoms with Crippen LogP contribution in [0.4, 0.5) is 0 Å². The van der Waals surface area contributed by atoms with Gasteiger partial charge in [0.1, 0.15) is 11.6 Å². The van der Waals surface area contributed by atoms with Crippen LogP contribution in [0.3, 0.4) is 0 Å². The zero-order valence-corrected chi connectivity index (χ0v) is 16.5. The van der Waals surface area contributed by atoms with Crippen LogP contribution < -0.4 is 0 Å². The maximum atomic E-state index is 12.0. The van der Waals surface area contributed by atoms with E-state index in [1.165, 1.54) is 0 Å². The summed E-state index contributed by atoms with van der Waals surface area (Å²) < 4.78 is 1.73. The van der Waals surface area contributed by atoms with Crippen molar-refractivity contribution in [3.8, 4) is 0 Å². The highest BCUT2D eigenvalue weighted by atomic mass is 16.3. The van der Waals surface area contributed by atoms with Gasteiger partial charge in [0.05, 0.1) is 30.1 Å². The molecule has 1 aromatic heterocycles. The normalized spacial score (nSPS) is 22.1. The SMILES string of the molecule is Cn1cc(C2=NC3=CC(N(CCCO)C4CC(=O)CC(=O)C4)=CCC3N=C2)cn1. The van der Waals surface area contributed by atoms with Crippen LogP contribution >= 0.6 is 0 Å². The minimum atomic E-state index is -0.163. The summed E-state index contributed by atoms with van der Waals surface area (Å²) >= 11 is 0. The molecule has 0 spiro atoms. The highest BCUT2D eigenvalue weighted by Crippen LogP contribution is 2.30. The minimum Gasteiger partial charge on any atom is -0.396 e. The fraction of sp³-hybridized carbons (Fsp3) is 0.476. The molecule has 0 amide bonds. The quantitative estimate of drug-likeness (QED) is 0.730. The second kappa shape index (κ2) is 8.24. The molecule has 0 bridgehead atoms. The summed E-state index contributed by atoms with van der Waals surface area (Å²) in [6.45, 7) is 0.648. The van der Waals surface area contributed by atoms with Gasteiger partial charge in [-0.05, 0) is 18.9 Å². The van der Waals surface area contributed by atoms with Crippen molar-refractivity contribution in [3.05, 3.63) is 41.5 Å². The molecule has 152 valence electrons. The van der Waals surface area contributed by atoms with Crippen molar-refractivity contribution in [2.75, 3.05) is 13.2 Å². The molecule has 1 atom stereocenters. The molecule has 1 unspecified atom stereocenters. The van der Waals surface area contributed by atoms with Gasteiger partial charge in [0.25, 0.3) is 0 Å². The molecular formula is C21H25N5O3. The molecule has 1 fully saturated rings. The Balaban J connectivity index is 1.61. The number of aliphatic imine (C=N–C) groups is 2. The first-order chi connectivity index (χ1) is 14.0. The van der Waals surface area contributed by atoms with Crippen molar-refractivity contribution < 1.29 is 14.7 Å². The maximum absolute atomic E-state index is 12.0. The summed E-state index contributed by atoms with van der Waals surface area (Å²) in [5, 5.41) is 13.5. The van der Waals surface area contributed by atoms with E-state index in [0.29, 0.717) is 32.2 Å². The third-order valence-corrected chi connectivity index (χ3v) is 5.46. The van der Waals surface area contributed by atoms with E-state index in [-0.39, 0.29) is 36.7 Å². The van der Waals surface area contributed by atoms with E-state index in [1.54, 1.807) is 17.1 Å². The first-order valence-corrected chi connectivity index (χ1v) is 9.97. The number of allylic oxidation sites excluding steroid dienone is 1. The van der Waals surface area contributed by atoms with Gasteiger partial charge in [-0.3, -0.25) is 19.3 Å². The van der Waals surface area contributed by atoms with Crippen molar-refractivity contribution in [3.63, 3.8) is 0 Å². The molecule has 2 aliphatic carbocycles. The van der Waals surface area contributed by atoms with Crippen LogP contribution in [0, 0.1) is 0 Å². The third-order valence-electron chi connectivity index (χ3n) is 5.46. The summed E-state index contributed by atoms with van der Waals surface area (Å²) in [6, 6.07) is -0.183. The first-order valence-electron chi connectivity index (χ1n) is 9.97. The summed E-state index contributed by atoms with van der Waals surface area (Å²) in [4.78, 5) is 35.5. The predicted molar refractivity (Wildman–Crippen MR) is 109 cm³/mol. The van der Waals surface area contributed by atoms with Crippen molar-refractivity contribution in [2.24, 2.45) is 17.0 Å². The van der Waals surface area contributed by atoms with Gasteiger partial charge in [0.15, 0.2) is 0 Å².